The molecule has 0 radical (unpaired) electrons. The number of nitrogens with one attached hydrogen (secondary N) is 1. The van der Waals surface area contributed by atoms with Crippen molar-refractivity contribution in [2.75, 3.05) is 13.2 Å². The van der Waals surface area contributed by atoms with E-state index in [1.54, 1.807) is 0 Å². The maximum atomic E-state index is 6.19. The molecule has 1 aromatic carbocycles. The molecule has 0 unspecified atom stereocenters. The number of hydrogen-bond donors (Lipinski definition) is 1. The lowest BCUT2D eigenvalue weighted by molar-refractivity contribution is 0.352. The fourth-order valence-electron chi connectivity index (χ4n) is 2.63. The van der Waals surface area contributed by atoms with Gasteiger partial charge in [0.05, 0.1) is 19.3 Å². The maximum absolute atomic E-state index is 6.19. The lowest BCUT2D eigenvalue weighted by Gasteiger charge is -2.09. The molecule has 112 valence electrons. The Morgan fingerprint density at radius 1 is 1.43 bits per heavy atom. The molecule has 0 fully saturated rings. The summed E-state index contributed by atoms with van der Waals surface area (Å²) in [5.74, 6) is 0.987. The van der Waals surface area contributed by atoms with Crippen molar-refractivity contribution in [3.8, 4) is 5.75 Å². The lowest BCUT2D eigenvalue weighted by atomic mass is 10.1. The average Bonchev–Trinajstić information content (AvgIpc) is 3.08. The number of benzene rings is 1. The van der Waals surface area contributed by atoms with Crippen molar-refractivity contribution in [1.82, 2.24) is 15.1 Å². The molecule has 0 bridgehead atoms. The van der Waals surface area contributed by atoms with Crippen LogP contribution in [0.25, 0.3) is 0 Å². The molecular weight excluding hydrogens is 286 g/mol. The molecule has 5 heteroatoms. The van der Waals surface area contributed by atoms with Crippen LogP contribution in [0.3, 0.4) is 0 Å². The van der Waals surface area contributed by atoms with Crippen molar-refractivity contribution < 1.29 is 4.74 Å². The Hall–Kier alpha value is -1.52. The fraction of sp³-hybridized carbons (Fsp3) is 0.438. The van der Waals surface area contributed by atoms with Crippen LogP contribution in [0, 0.1) is 0 Å². The first-order chi connectivity index (χ1) is 10.3. The fourth-order valence-corrected chi connectivity index (χ4v) is 2.90. The van der Waals surface area contributed by atoms with Gasteiger partial charge >= 0.3 is 0 Å². The van der Waals surface area contributed by atoms with Crippen LogP contribution in [0.5, 0.6) is 5.75 Å². The van der Waals surface area contributed by atoms with E-state index in [1.165, 1.54) is 11.1 Å². The molecule has 0 amide bonds. The molecule has 4 nitrogen and oxygen atoms in total. The molecule has 2 aromatic rings. The van der Waals surface area contributed by atoms with Gasteiger partial charge in [-0.25, -0.2) is 0 Å². The van der Waals surface area contributed by atoms with E-state index in [1.807, 2.05) is 23.0 Å². The van der Waals surface area contributed by atoms with E-state index in [0.717, 1.165) is 48.9 Å². The summed E-state index contributed by atoms with van der Waals surface area (Å²) in [6.07, 6.45) is 6.06. The molecule has 0 spiro atoms. The molecule has 2 heterocycles. The second kappa shape index (κ2) is 6.50. The second-order valence-corrected chi connectivity index (χ2v) is 5.81. The summed E-state index contributed by atoms with van der Waals surface area (Å²) >= 11 is 6.19. The Morgan fingerprint density at radius 2 is 2.33 bits per heavy atom. The summed E-state index contributed by atoms with van der Waals surface area (Å²) in [5.41, 5.74) is 3.50. The number of fused-ring (bicyclic) bond motifs is 1. The van der Waals surface area contributed by atoms with E-state index in [-0.39, 0.29) is 0 Å². The molecule has 1 aromatic heterocycles. The van der Waals surface area contributed by atoms with Gasteiger partial charge in [0.2, 0.25) is 0 Å². The monoisotopic (exact) mass is 305 g/mol. The molecular formula is C16H20ClN3O. The van der Waals surface area contributed by atoms with Crippen molar-refractivity contribution in [1.29, 1.82) is 0 Å². The van der Waals surface area contributed by atoms with Gasteiger partial charge in [-0.2, -0.15) is 5.10 Å². The predicted octanol–water partition coefficient (Wildman–Crippen LogP) is 3.02. The van der Waals surface area contributed by atoms with Crippen LogP contribution >= 0.6 is 11.6 Å². The number of rotatable bonds is 6. The van der Waals surface area contributed by atoms with E-state index in [4.69, 9.17) is 16.3 Å². The third kappa shape index (κ3) is 3.39. The maximum Gasteiger partial charge on any atom is 0.127 e. The van der Waals surface area contributed by atoms with Crippen molar-refractivity contribution in [2.45, 2.75) is 32.9 Å². The molecule has 0 saturated carbocycles. The molecule has 1 aliphatic heterocycles. The van der Waals surface area contributed by atoms with Crippen LogP contribution in [0.4, 0.5) is 0 Å². The molecule has 0 atom stereocenters. The Labute approximate surface area is 130 Å². The molecule has 21 heavy (non-hydrogen) atoms. The van der Waals surface area contributed by atoms with Crippen LogP contribution in [0.2, 0.25) is 5.02 Å². The highest BCUT2D eigenvalue weighted by Crippen LogP contribution is 2.33. The number of hydrogen-bond acceptors (Lipinski definition) is 3. The minimum atomic E-state index is 0.691. The first-order valence-electron chi connectivity index (χ1n) is 7.42. The van der Waals surface area contributed by atoms with Gasteiger partial charge in [-0.05, 0) is 30.7 Å². The Bertz CT molecular complexity index is 624. The van der Waals surface area contributed by atoms with Crippen molar-refractivity contribution in [2.24, 2.45) is 0 Å². The lowest BCUT2D eigenvalue weighted by Crippen LogP contribution is -2.13. The number of ether oxygens (including phenoxy) is 1. The number of halogens is 1. The van der Waals surface area contributed by atoms with Gasteiger partial charge in [0.15, 0.2) is 0 Å². The predicted molar refractivity (Wildman–Crippen MR) is 84.0 cm³/mol. The quantitative estimate of drug-likeness (QED) is 0.834. The summed E-state index contributed by atoms with van der Waals surface area (Å²) < 4.78 is 7.67. The van der Waals surface area contributed by atoms with Crippen LogP contribution in [-0.2, 0) is 19.5 Å². The standard InChI is InChI=1S/C16H20ClN3O/c1-2-4-18-8-12-9-19-20(10-12)11-14-7-15(17)6-13-3-5-21-16(13)14/h6-7,9-10,18H,2-5,8,11H2,1H3. The van der Waals surface area contributed by atoms with Crippen LogP contribution in [0.15, 0.2) is 24.5 Å². The van der Waals surface area contributed by atoms with Gasteiger partial charge in [-0.15, -0.1) is 0 Å². The zero-order valence-electron chi connectivity index (χ0n) is 12.2. The third-order valence-corrected chi connectivity index (χ3v) is 3.82. The Balaban J connectivity index is 1.72. The van der Waals surface area contributed by atoms with Crippen molar-refractivity contribution in [3.05, 3.63) is 46.2 Å². The minimum Gasteiger partial charge on any atom is -0.493 e. The highest BCUT2D eigenvalue weighted by Gasteiger charge is 2.18. The third-order valence-electron chi connectivity index (χ3n) is 3.60. The van der Waals surface area contributed by atoms with E-state index in [0.29, 0.717) is 6.54 Å². The minimum absolute atomic E-state index is 0.691. The summed E-state index contributed by atoms with van der Waals surface area (Å²) in [4.78, 5) is 0. The molecule has 1 N–H and O–H groups in total. The van der Waals surface area contributed by atoms with Gasteiger partial charge in [-0.1, -0.05) is 18.5 Å². The molecule has 3 rings (SSSR count). The summed E-state index contributed by atoms with van der Waals surface area (Å²) in [6.45, 7) is 5.49. The van der Waals surface area contributed by atoms with Crippen LogP contribution < -0.4 is 10.1 Å². The van der Waals surface area contributed by atoms with Gasteiger partial charge in [0.25, 0.3) is 0 Å². The summed E-state index contributed by atoms with van der Waals surface area (Å²) in [6, 6.07) is 3.97. The van der Waals surface area contributed by atoms with E-state index in [2.05, 4.69) is 23.5 Å². The number of aromatic nitrogens is 2. The van der Waals surface area contributed by atoms with Crippen LogP contribution in [-0.4, -0.2) is 22.9 Å². The molecule has 0 saturated heterocycles. The van der Waals surface area contributed by atoms with E-state index >= 15 is 0 Å². The summed E-state index contributed by atoms with van der Waals surface area (Å²) in [5, 5.41) is 8.57. The zero-order chi connectivity index (χ0) is 14.7. The topological polar surface area (TPSA) is 39.1 Å². The van der Waals surface area contributed by atoms with E-state index in [9.17, 15) is 0 Å². The first-order valence-corrected chi connectivity index (χ1v) is 7.80. The van der Waals surface area contributed by atoms with Crippen molar-refractivity contribution >= 4 is 11.6 Å². The van der Waals surface area contributed by atoms with Gasteiger partial charge < -0.3 is 10.1 Å². The van der Waals surface area contributed by atoms with E-state index < -0.39 is 0 Å². The molecule has 1 aliphatic rings. The normalized spacial score (nSPS) is 13.2. The van der Waals surface area contributed by atoms with Gasteiger partial charge in [-0.3, -0.25) is 4.68 Å². The highest BCUT2D eigenvalue weighted by atomic mass is 35.5. The average molecular weight is 306 g/mol. The first kappa shape index (κ1) is 14.4. The van der Waals surface area contributed by atoms with Gasteiger partial charge in [0, 0.05) is 35.3 Å². The molecule has 0 aliphatic carbocycles. The largest absolute Gasteiger partial charge is 0.493 e. The second-order valence-electron chi connectivity index (χ2n) is 5.37. The Kier molecular flexibility index (Phi) is 4.46. The Morgan fingerprint density at radius 3 is 3.19 bits per heavy atom. The summed E-state index contributed by atoms with van der Waals surface area (Å²) in [7, 11) is 0. The highest BCUT2D eigenvalue weighted by molar-refractivity contribution is 6.30. The van der Waals surface area contributed by atoms with Crippen molar-refractivity contribution in [3.63, 3.8) is 0 Å². The SMILES string of the molecule is CCCNCc1cnn(Cc2cc(Cl)cc3c2OCC3)c1. The van der Waals surface area contributed by atoms with Gasteiger partial charge in [0.1, 0.15) is 5.75 Å². The zero-order valence-corrected chi connectivity index (χ0v) is 13.0. The number of nitrogens with zero attached hydrogens (tertiary/aromatic N) is 2. The van der Waals surface area contributed by atoms with Crippen LogP contribution in [0.1, 0.15) is 30.0 Å². The smallest absolute Gasteiger partial charge is 0.127 e.